The fourth-order valence-corrected chi connectivity index (χ4v) is 5.20. The molecule has 15 heteroatoms. The number of Topliss-reactive ketones (excluding diaryl/α,β-unsaturated/α-hetero) is 1. The van der Waals surface area contributed by atoms with Gasteiger partial charge in [0.2, 0.25) is 5.91 Å². The van der Waals surface area contributed by atoms with Gasteiger partial charge in [-0.15, -0.1) is 0 Å². The third kappa shape index (κ3) is 5.45. The number of nitrogens with zero attached hydrogens (tertiary/aromatic N) is 4. The maximum atomic E-state index is 13.7. The normalized spacial score (nSPS) is 18.6. The Labute approximate surface area is 240 Å². The van der Waals surface area contributed by atoms with Gasteiger partial charge in [-0.05, 0) is 41.8 Å². The van der Waals surface area contributed by atoms with E-state index in [4.69, 9.17) is 5.11 Å². The molecule has 0 saturated carbocycles. The van der Waals surface area contributed by atoms with E-state index in [1.54, 1.807) is 6.07 Å². The first-order valence-electron chi connectivity index (χ1n) is 12.9. The van der Waals surface area contributed by atoms with Gasteiger partial charge in [-0.25, -0.2) is 9.18 Å². The molecule has 2 aliphatic rings. The van der Waals surface area contributed by atoms with Crippen LogP contribution in [-0.4, -0.2) is 73.0 Å². The van der Waals surface area contributed by atoms with Gasteiger partial charge in [0, 0.05) is 30.3 Å². The highest BCUT2D eigenvalue weighted by Crippen LogP contribution is 2.43. The highest BCUT2D eigenvalue weighted by Gasteiger charge is 2.58. The number of aromatic nitrogens is 2. The first kappa shape index (κ1) is 29.4. The van der Waals surface area contributed by atoms with Crippen molar-refractivity contribution in [2.45, 2.75) is 44.2 Å². The molecule has 1 aromatic heterocycles. The predicted octanol–water partition coefficient (Wildman–Crippen LogP) is 3.09. The number of carbonyl (C=O) groups excluding carboxylic acids is 4. The molecule has 4 amide bonds. The number of amides is 4. The number of hydrogen-bond acceptors (Lipinski definition) is 6. The van der Waals surface area contributed by atoms with Crippen molar-refractivity contribution in [2.75, 3.05) is 6.54 Å². The van der Waals surface area contributed by atoms with Crippen LogP contribution >= 0.6 is 0 Å². The lowest BCUT2D eigenvalue weighted by molar-refractivity contribution is -0.187. The van der Waals surface area contributed by atoms with Crippen molar-refractivity contribution in [3.8, 4) is 11.1 Å². The van der Waals surface area contributed by atoms with Crippen LogP contribution in [0.1, 0.15) is 34.8 Å². The van der Waals surface area contributed by atoms with E-state index in [-0.39, 0.29) is 23.2 Å². The molecule has 0 bridgehead atoms. The Kier molecular flexibility index (Phi) is 7.28. The number of imide groups is 1. The molecule has 3 aromatic rings. The summed E-state index contributed by atoms with van der Waals surface area (Å²) >= 11 is 0. The molecule has 2 atom stereocenters. The fraction of sp³-hybridized carbons (Fsp3) is 0.286. The number of urea groups is 1. The summed E-state index contributed by atoms with van der Waals surface area (Å²) in [5.41, 5.74) is -0.422. The van der Waals surface area contributed by atoms with Crippen LogP contribution in [0.4, 0.5) is 22.4 Å². The Balaban J connectivity index is 1.40. The van der Waals surface area contributed by atoms with Gasteiger partial charge in [0.25, 0.3) is 5.91 Å². The van der Waals surface area contributed by atoms with Crippen LogP contribution in [0.5, 0.6) is 0 Å². The zero-order valence-electron chi connectivity index (χ0n) is 22.4. The fourth-order valence-electron chi connectivity index (χ4n) is 5.20. The number of aliphatic carboxylic acids is 1. The molecular formula is C28H23F4N5O6. The Morgan fingerprint density at radius 1 is 1.09 bits per heavy atom. The minimum Gasteiger partial charge on any atom is -0.480 e. The van der Waals surface area contributed by atoms with Gasteiger partial charge in [0.1, 0.15) is 24.9 Å². The van der Waals surface area contributed by atoms with E-state index in [2.05, 4.69) is 10.4 Å². The third-order valence-corrected chi connectivity index (χ3v) is 7.47. The number of rotatable bonds is 8. The summed E-state index contributed by atoms with van der Waals surface area (Å²) in [6.45, 7) is -1.23. The number of fused-ring (bicyclic) bond motifs is 2. The van der Waals surface area contributed by atoms with Crippen molar-refractivity contribution in [3.63, 3.8) is 0 Å². The van der Waals surface area contributed by atoms with Crippen molar-refractivity contribution in [1.82, 2.24) is 24.9 Å². The van der Waals surface area contributed by atoms with Crippen LogP contribution in [-0.2, 0) is 33.0 Å². The second-order valence-corrected chi connectivity index (χ2v) is 10.3. The van der Waals surface area contributed by atoms with E-state index < -0.39 is 72.7 Å². The zero-order valence-corrected chi connectivity index (χ0v) is 22.4. The topological polar surface area (TPSA) is 142 Å². The molecular weight excluding hydrogens is 578 g/mol. The summed E-state index contributed by atoms with van der Waals surface area (Å²) in [4.78, 5) is 64.7. The summed E-state index contributed by atoms with van der Waals surface area (Å²) in [6, 6.07) is 5.59. The van der Waals surface area contributed by atoms with Crippen molar-refractivity contribution in [3.05, 3.63) is 77.4 Å². The van der Waals surface area contributed by atoms with E-state index in [1.807, 2.05) is 0 Å². The maximum absolute atomic E-state index is 13.7. The lowest BCUT2D eigenvalue weighted by atomic mass is 9.90. The van der Waals surface area contributed by atoms with E-state index in [0.717, 1.165) is 19.1 Å². The Hall–Kier alpha value is -5.08. The zero-order chi connectivity index (χ0) is 31.3. The van der Waals surface area contributed by atoms with Gasteiger partial charge in [0.05, 0.1) is 6.20 Å². The number of ketones is 1. The number of carbonyl (C=O) groups is 5. The van der Waals surface area contributed by atoms with Gasteiger partial charge < -0.3 is 15.3 Å². The minimum absolute atomic E-state index is 0.106. The van der Waals surface area contributed by atoms with Gasteiger partial charge in [-0.1, -0.05) is 24.3 Å². The van der Waals surface area contributed by atoms with Crippen LogP contribution in [0.3, 0.4) is 0 Å². The number of hydrogen-bond donors (Lipinski definition) is 2. The van der Waals surface area contributed by atoms with Crippen molar-refractivity contribution in [2.24, 2.45) is 0 Å². The lowest BCUT2D eigenvalue weighted by Crippen LogP contribution is -2.51. The van der Waals surface area contributed by atoms with Crippen molar-refractivity contribution < 1.29 is 46.6 Å². The minimum atomic E-state index is -4.84. The molecule has 0 radical (unpaired) electrons. The molecule has 11 nitrogen and oxygen atoms in total. The first-order valence-corrected chi connectivity index (χ1v) is 12.9. The average molecular weight is 602 g/mol. The van der Waals surface area contributed by atoms with E-state index in [1.165, 1.54) is 41.3 Å². The highest BCUT2D eigenvalue weighted by molar-refractivity contribution is 6.17. The SMILES string of the molecule is C[C@H](N(Cc1ccc(F)cc1)C(=O)CN1C(=O)NC2(CC(=O)c3cc(-c4cnn(CC(=O)O)c4)ccc32)C1=O)C(F)(F)F. The largest absolute Gasteiger partial charge is 0.480 e. The van der Waals surface area contributed by atoms with Gasteiger partial charge in [-0.2, -0.15) is 18.3 Å². The molecule has 1 fully saturated rings. The van der Waals surface area contributed by atoms with Gasteiger partial charge in [-0.3, -0.25) is 28.8 Å². The molecule has 43 heavy (non-hydrogen) atoms. The van der Waals surface area contributed by atoms with E-state index >= 15 is 0 Å². The number of carboxylic acid groups (broad SMARTS) is 1. The first-order chi connectivity index (χ1) is 20.2. The lowest BCUT2D eigenvalue weighted by Gasteiger charge is -2.32. The second-order valence-electron chi connectivity index (χ2n) is 10.3. The van der Waals surface area contributed by atoms with Crippen LogP contribution in [0.15, 0.2) is 54.9 Å². The number of benzene rings is 2. The van der Waals surface area contributed by atoms with E-state index in [0.29, 0.717) is 20.9 Å². The smallest absolute Gasteiger partial charge is 0.408 e. The monoisotopic (exact) mass is 601 g/mol. The van der Waals surface area contributed by atoms with Gasteiger partial charge in [0.15, 0.2) is 11.3 Å². The number of carboxylic acids is 1. The maximum Gasteiger partial charge on any atom is 0.408 e. The van der Waals surface area contributed by atoms with Crippen molar-refractivity contribution in [1.29, 1.82) is 0 Å². The van der Waals surface area contributed by atoms with Crippen LogP contribution in [0.2, 0.25) is 0 Å². The molecule has 1 aliphatic heterocycles. The average Bonchev–Trinajstić information content (AvgIpc) is 3.58. The van der Waals surface area contributed by atoms with Crippen LogP contribution in [0, 0.1) is 5.82 Å². The molecule has 5 rings (SSSR count). The molecule has 1 unspecified atom stereocenters. The quantitative estimate of drug-likeness (QED) is 0.299. The summed E-state index contributed by atoms with van der Waals surface area (Å²) in [5.74, 6) is -4.39. The number of halogens is 4. The summed E-state index contributed by atoms with van der Waals surface area (Å²) in [7, 11) is 0. The summed E-state index contributed by atoms with van der Waals surface area (Å²) in [5, 5.41) is 15.4. The molecule has 2 aromatic carbocycles. The van der Waals surface area contributed by atoms with E-state index in [9.17, 15) is 41.5 Å². The third-order valence-electron chi connectivity index (χ3n) is 7.47. The molecule has 224 valence electrons. The van der Waals surface area contributed by atoms with Crippen LogP contribution < -0.4 is 5.32 Å². The Morgan fingerprint density at radius 2 is 1.79 bits per heavy atom. The standard InChI is InChI=1S/C28H23F4N5O6/c1-15(28(30,31)32)36(11-16-2-5-19(29)6-3-16)23(39)13-37-25(42)27(34-26(37)43)9-22(38)20-8-17(4-7-21(20)27)18-10-33-35(12-18)14-24(40)41/h2-8,10,12,15H,9,11,13-14H2,1H3,(H,34,43)(H,40,41)/t15-,27?/m0/s1. The number of alkyl halides is 3. The summed E-state index contributed by atoms with van der Waals surface area (Å²) < 4.78 is 55.5. The summed E-state index contributed by atoms with van der Waals surface area (Å²) in [6.07, 6.45) is -2.46. The molecule has 1 aliphatic carbocycles. The molecule has 2 N–H and O–H groups in total. The van der Waals surface area contributed by atoms with Crippen molar-refractivity contribution >= 4 is 29.6 Å². The highest BCUT2D eigenvalue weighted by atomic mass is 19.4. The second kappa shape index (κ2) is 10.6. The predicted molar refractivity (Wildman–Crippen MR) is 139 cm³/mol. The number of nitrogens with one attached hydrogen (secondary N) is 1. The van der Waals surface area contributed by atoms with Gasteiger partial charge >= 0.3 is 18.2 Å². The Bertz CT molecular complexity index is 1650. The Morgan fingerprint density at radius 3 is 2.44 bits per heavy atom. The molecule has 1 spiro atoms. The molecule has 1 saturated heterocycles. The molecule has 2 heterocycles. The van der Waals surface area contributed by atoms with Crippen LogP contribution in [0.25, 0.3) is 11.1 Å².